The number of nitrogens with one attached hydrogen (secondary N) is 1. The molecule has 1 heterocycles. The average Bonchev–Trinajstić information content (AvgIpc) is 2.93. The van der Waals surface area contributed by atoms with Crippen LogP contribution in [0.15, 0.2) is 16.8 Å². The topological polar surface area (TPSA) is 69.6 Å². The molecule has 0 bridgehead atoms. The van der Waals surface area contributed by atoms with Gasteiger partial charge in [-0.25, -0.2) is 0 Å². The molecule has 1 amide bonds. The quantitative estimate of drug-likeness (QED) is 0.650. The van der Waals surface area contributed by atoms with Crippen molar-refractivity contribution >= 4 is 23.2 Å². The highest BCUT2D eigenvalue weighted by Crippen LogP contribution is 2.09. The minimum Gasteiger partial charge on any atom is -0.481 e. The summed E-state index contributed by atoms with van der Waals surface area (Å²) in [5.74, 6) is -0.327. The van der Waals surface area contributed by atoms with E-state index in [0.29, 0.717) is 25.4 Å². The van der Waals surface area contributed by atoms with Crippen molar-refractivity contribution in [3.8, 4) is 0 Å². The smallest absolute Gasteiger partial charge is 0.303 e. The van der Waals surface area contributed by atoms with E-state index in [4.69, 9.17) is 5.11 Å². The molecule has 0 aliphatic carbocycles. The van der Waals surface area contributed by atoms with Crippen LogP contribution in [-0.2, 0) is 16.1 Å². The zero-order valence-corrected chi connectivity index (χ0v) is 13.5. The van der Waals surface area contributed by atoms with Crippen LogP contribution in [0.4, 0.5) is 0 Å². The third-order valence-electron chi connectivity index (χ3n) is 3.37. The van der Waals surface area contributed by atoms with Crippen molar-refractivity contribution in [3.05, 3.63) is 22.4 Å². The second kappa shape index (κ2) is 9.52. The molecule has 0 fully saturated rings. The minimum absolute atomic E-state index is 0.0689. The molecule has 0 aliphatic rings. The Morgan fingerprint density at radius 3 is 2.81 bits per heavy atom. The molecule has 1 unspecified atom stereocenters. The fourth-order valence-corrected chi connectivity index (χ4v) is 2.60. The van der Waals surface area contributed by atoms with E-state index >= 15 is 0 Å². The maximum Gasteiger partial charge on any atom is 0.303 e. The Hall–Kier alpha value is -1.40. The predicted octanol–water partition coefficient (Wildman–Crippen LogP) is 2.19. The number of carbonyl (C=O) groups excluding carboxylic acids is 1. The molecular formula is C15H24N2O3S. The van der Waals surface area contributed by atoms with Gasteiger partial charge in [0, 0.05) is 20.0 Å². The molecule has 1 atom stereocenters. The largest absolute Gasteiger partial charge is 0.481 e. The first-order chi connectivity index (χ1) is 9.99. The summed E-state index contributed by atoms with van der Waals surface area (Å²) in [4.78, 5) is 24.1. The van der Waals surface area contributed by atoms with Gasteiger partial charge in [0.25, 0.3) is 0 Å². The monoisotopic (exact) mass is 312 g/mol. The van der Waals surface area contributed by atoms with Crippen LogP contribution in [0.5, 0.6) is 0 Å². The van der Waals surface area contributed by atoms with Gasteiger partial charge in [-0.1, -0.05) is 6.92 Å². The SMILES string of the molecule is CC(CCNCC(=O)N(C)Cc1ccsc1)CCC(=O)O. The Labute approximate surface area is 130 Å². The van der Waals surface area contributed by atoms with Crippen molar-refractivity contribution in [2.45, 2.75) is 32.7 Å². The highest BCUT2D eigenvalue weighted by molar-refractivity contribution is 7.07. The van der Waals surface area contributed by atoms with Gasteiger partial charge in [-0.2, -0.15) is 11.3 Å². The second-order valence-corrected chi connectivity index (χ2v) is 6.16. The van der Waals surface area contributed by atoms with Crippen LogP contribution in [0.1, 0.15) is 31.7 Å². The Kier molecular flexibility index (Phi) is 8.00. The maximum absolute atomic E-state index is 11.9. The molecule has 0 spiro atoms. The number of carboxylic acids is 1. The van der Waals surface area contributed by atoms with Crippen LogP contribution in [0.3, 0.4) is 0 Å². The Bertz CT molecular complexity index is 434. The number of hydrogen-bond donors (Lipinski definition) is 2. The molecule has 2 N–H and O–H groups in total. The third-order valence-corrected chi connectivity index (χ3v) is 4.10. The molecule has 0 radical (unpaired) electrons. The first kappa shape index (κ1) is 17.7. The summed E-state index contributed by atoms with van der Waals surface area (Å²) in [7, 11) is 1.80. The van der Waals surface area contributed by atoms with Gasteiger partial charge in [-0.3, -0.25) is 9.59 Å². The standard InChI is InChI=1S/C15H24N2O3S/c1-12(3-4-15(19)20)5-7-16-9-14(18)17(2)10-13-6-8-21-11-13/h6,8,11-12,16H,3-5,7,9-10H2,1-2H3,(H,19,20). The second-order valence-electron chi connectivity index (χ2n) is 5.38. The summed E-state index contributed by atoms with van der Waals surface area (Å²) in [5.41, 5.74) is 1.15. The third kappa shape index (κ3) is 7.82. The lowest BCUT2D eigenvalue weighted by Gasteiger charge is -2.17. The molecule has 0 aromatic carbocycles. The molecule has 1 aromatic rings. The van der Waals surface area contributed by atoms with Gasteiger partial charge in [0.05, 0.1) is 6.54 Å². The Balaban J connectivity index is 2.11. The molecule has 21 heavy (non-hydrogen) atoms. The van der Waals surface area contributed by atoms with Gasteiger partial charge in [-0.15, -0.1) is 0 Å². The summed E-state index contributed by atoms with van der Waals surface area (Å²) in [6.07, 6.45) is 1.78. The van der Waals surface area contributed by atoms with E-state index in [1.165, 1.54) is 0 Å². The number of amides is 1. The summed E-state index contributed by atoms with van der Waals surface area (Å²) < 4.78 is 0. The Morgan fingerprint density at radius 1 is 1.43 bits per heavy atom. The molecular weight excluding hydrogens is 288 g/mol. The highest BCUT2D eigenvalue weighted by atomic mass is 32.1. The lowest BCUT2D eigenvalue weighted by molar-refractivity contribution is -0.137. The molecule has 5 nitrogen and oxygen atoms in total. The fraction of sp³-hybridized carbons (Fsp3) is 0.600. The van der Waals surface area contributed by atoms with Gasteiger partial charge < -0.3 is 15.3 Å². The number of likely N-dealkylation sites (N-methyl/N-ethyl adjacent to an activating group) is 1. The number of aliphatic carboxylic acids is 1. The summed E-state index contributed by atoms with van der Waals surface area (Å²) in [6.45, 7) is 3.74. The van der Waals surface area contributed by atoms with Crippen LogP contribution in [0.2, 0.25) is 0 Å². The molecule has 0 saturated carbocycles. The summed E-state index contributed by atoms with van der Waals surface area (Å²) in [5, 5.41) is 15.8. The van der Waals surface area contributed by atoms with E-state index in [9.17, 15) is 9.59 Å². The summed E-state index contributed by atoms with van der Waals surface area (Å²) >= 11 is 1.63. The number of nitrogens with zero attached hydrogens (tertiary/aromatic N) is 1. The average molecular weight is 312 g/mol. The first-order valence-corrected chi connectivity index (χ1v) is 8.11. The van der Waals surface area contributed by atoms with Crippen molar-refractivity contribution < 1.29 is 14.7 Å². The van der Waals surface area contributed by atoms with Crippen molar-refractivity contribution in [2.75, 3.05) is 20.1 Å². The van der Waals surface area contributed by atoms with Crippen molar-refractivity contribution in [1.29, 1.82) is 0 Å². The van der Waals surface area contributed by atoms with E-state index in [1.54, 1.807) is 23.3 Å². The molecule has 118 valence electrons. The van der Waals surface area contributed by atoms with Gasteiger partial charge in [0.1, 0.15) is 0 Å². The zero-order valence-electron chi connectivity index (χ0n) is 12.7. The lowest BCUT2D eigenvalue weighted by atomic mass is 10.0. The van der Waals surface area contributed by atoms with E-state index < -0.39 is 5.97 Å². The van der Waals surface area contributed by atoms with Crippen LogP contribution in [-0.4, -0.2) is 42.0 Å². The highest BCUT2D eigenvalue weighted by Gasteiger charge is 2.10. The lowest BCUT2D eigenvalue weighted by Crippen LogP contribution is -2.35. The Morgan fingerprint density at radius 2 is 2.19 bits per heavy atom. The van der Waals surface area contributed by atoms with E-state index in [2.05, 4.69) is 5.32 Å². The number of thiophene rings is 1. The van der Waals surface area contributed by atoms with Gasteiger partial charge in [-0.05, 0) is 47.7 Å². The normalized spacial score (nSPS) is 12.1. The molecule has 6 heteroatoms. The maximum atomic E-state index is 11.9. The molecule has 0 saturated heterocycles. The summed E-state index contributed by atoms with van der Waals surface area (Å²) in [6, 6.07) is 2.02. The van der Waals surface area contributed by atoms with Crippen LogP contribution in [0.25, 0.3) is 0 Å². The van der Waals surface area contributed by atoms with Gasteiger partial charge in [0.15, 0.2) is 0 Å². The first-order valence-electron chi connectivity index (χ1n) is 7.16. The number of carbonyl (C=O) groups is 2. The minimum atomic E-state index is -0.750. The molecule has 1 rings (SSSR count). The fourth-order valence-electron chi connectivity index (χ4n) is 1.94. The van der Waals surface area contributed by atoms with Crippen LogP contribution < -0.4 is 5.32 Å². The van der Waals surface area contributed by atoms with E-state index in [-0.39, 0.29) is 12.3 Å². The van der Waals surface area contributed by atoms with E-state index in [0.717, 1.165) is 18.5 Å². The van der Waals surface area contributed by atoms with Crippen molar-refractivity contribution in [1.82, 2.24) is 10.2 Å². The van der Waals surface area contributed by atoms with Crippen molar-refractivity contribution in [2.24, 2.45) is 5.92 Å². The molecule has 0 aliphatic heterocycles. The number of rotatable bonds is 10. The van der Waals surface area contributed by atoms with Gasteiger partial charge >= 0.3 is 5.97 Å². The molecule has 1 aromatic heterocycles. The van der Waals surface area contributed by atoms with Crippen LogP contribution in [0, 0.1) is 5.92 Å². The van der Waals surface area contributed by atoms with E-state index in [1.807, 2.05) is 23.8 Å². The van der Waals surface area contributed by atoms with Crippen LogP contribution >= 0.6 is 11.3 Å². The van der Waals surface area contributed by atoms with Crippen molar-refractivity contribution in [3.63, 3.8) is 0 Å². The zero-order chi connectivity index (χ0) is 15.7. The number of carboxylic acid groups (broad SMARTS) is 1. The number of hydrogen-bond acceptors (Lipinski definition) is 4. The predicted molar refractivity (Wildman–Crippen MR) is 84.3 cm³/mol. The van der Waals surface area contributed by atoms with Gasteiger partial charge in [0.2, 0.25) is 5.91 Å².